The van der Waals surface area contributed by atoms with Gasteiger partial charge in [-0.25, -0.2) is 4.79 Å². The maximum atomic E-state index is 12.4. The number of para-hydroxylation sites is 1. The Labute approximate surface area is 205 Å². The lowest BCUT2D eigenvalue weighted by molar-refractivity contribution is -0.117. The van der Waals surface area contributed by atoms with Crippen molar-refractivity contribution in [3.8, 4) is 28.6 Å². The van der Waals surface area contributed by atoms with Crippen LogP contribution in [0.4, 0.5) is 4.79 Å². The highest BCUT2D eigenvalue weighted by Crippen LogP contribution is 2.37. The predicted octanol–water partition coefficient (Wildman–Crippen LogP) is 3.78. The molecule has 3 amide bonds. The van der Waals surface area contributed by atoms with Crippen LogP contribution >= 0.6 is 11.8 Å². The molecule has 35 heavy (non-hydrogen) atoms. The fourth-order valence-electron chi connectivity index (χ4n) is 3.51. The molecule has 0 aliphatic carbocycles. The molecule has 2 N–H and O–H groups in total. The molecule has 1 aliphatic rings. The molecule has 9 nitrogen and oxygen atoms in total. The number of carbonyl (C=O) groups excluding carboxylic acids is 2. The second-order valence-corrected chi connectivity index (χ2v) is 8.49. The van der Waals surface area contributed by atoms with Crippen molar-refractivity contribution in [2.45, 2.75) is 11.7 Å². The van der Waals surface area contributed by atoms with Crippen molar-refractivity contribution in [3.63, 3.8) is 0 Å². The molecule has 0 bridgehead atoms. The quantitative estimate of drug-likeness (QED) is 0.382. The second kappa shape index (κ2) is 10.3. The van der Waals surface area contributed by atoms with Gasteiger partial charge in [-0.15, -0.1) is 10.2 Å². The third-order valence-corrected chi connectivity index (χ3v) is 6.09. The predicted molar refractivity (Wildman–Crippen MR) is 130 cm³/mol. The molecule has 0 saturated carbocycles. The van der Waals surface area contributed by atoms with Crippen LogP contribution in [-0.2, 0) is 11.3 Å². The highest BCUT2D eigenvalue weighted by molar-refractivity contribution is 7.99. The van der Waals surface area contributed by atoms with Crippen LogP contribution in [-0.4, -0.2) is 39.2 Å². The third kappa shape index (κ3) is 5.28. The largest absolute Gasteiger partial charge is 0.454 e. The van der Waals surface area contributed by atoms with Gasteiger partial charge in [0.1, 0.15) is 0 Å². The molecule has 0 saturated heterocycles. The summed E-state index contributed by atoms with van der Waals surface area (Å²) in [6.07, 6.45) is 0. The molecule has 2 heterocycles. The Morgan fingerprint density at radius 1 is 0.914 bits per heavy atom. The number of benzene rings is 3. The number of aromatic nitrogens is 3. The van der Waals surface area contributed by atoms with Crippen LogP contribution in [0, 0.1) is 0 Å². The normalized spacial score (nSPS) is 11.8. The van der Waals surface area contributed by atoms with Crippen LogP contribution in [0.1, 0.15) is 5.56 Å². The van der Waals surface area contributed by atoms with E-state index in [4.69, 9.17) is 9.47 Å². The first-order valence-corrected chi connectivity index (χ1v) is 11.8. The van der Waals surface area contributed by atoms with Gasteiger partial charge in [0.2, 0.25) is 12.7 Å². The molecule has 5 rings (SSSR count). The summed E-state index contributed by atoms with van der Waals surface area (Å²) >= 11 is 1.19. The van der Waals surface area contributed by atoms with E-state index in [1.807, 2.05) is 83.4 Å². The minimum Gasteiger partial charge on any atom is -0.454 e. The van der Waals surface area contributed by atoms with Crippen molar-refractivity contribution in [3.05, 3.63) is 84.4 Å². The number of urea groups is 1. The number of imide groups is 1. The Bertz CT molecular complexity index is 1340. The van der Waals surface area contributed by atoms with Gasteiger partial charge in [0.05, 0.1) is 5.75 Å². The lowest BCUT2D eigenvalue weighted by Crippen LogP contribution is -2.40. The van der Waals surface area contributed by atoms with Crippen molar-refractivity contribution >= 4 is 23.7 Å². The minimum atomic E-state index is -0.551. The van der Waals surface area contributed by atoms with Crippen LogP contribution < -0.4 is 20.1 Å². The van der Waals surface area contributed by atoms with Gasteiger partial charge in [-0.2, -0.15) is 0 Å². The number of carbonyl (C=O) groups is 2. The third-order valence-electron chi connectivity index (χ3n) is 5.16. The van der Waals surface area contributed by atoms with Crippen LogP contribution in [0.5, 0.6) is 11.5 Å². The van der Waals surface area contributed by atoms with Crippen molar-refractivity contribution < 1.29 is 19.1 Å². The second-order valence-electron chi connectivity index (χ2n) is 7.55. The SMILES string of the molecule is O=C(CSc1nnc(-c2ccc3c(c2)OCO3)n1-c1ccccc1)NC(=O)NCc1ccccc1. The number of nitrogens with zero attached hydrogens (tertiary/aromatic N) is 3. The van der Waals surface area contributed by atoms with Gasteiger partial charge in [0.15, 0.2) is 22.5 Å². The zero-order valence-electron chi connectivity index (χ0n) is 18.5. The zero-order valence-corrected chi connectivity index (χ0v) is 19.3. The van der Waals surface area contributed by atoms with Crippen LogP contribution in [0.2, 0.25) is 0 Å². The van der Waals surface area contributed by atoms with Crippen LogP contribution in [0.15, 0.2) is 84.0 Å². The lowest BCUT2D eigenvalue weighted by Gasteiger charge is -2.11. The van der Waals surface area contributed by atoms with Gasteiger partial charge in [-0.3, -0.25) is 14.7 Å². The van der Waals surface area contributed by atoms with Crippen LogP contribution in [0.25, 0.3) is 17.1 Å². The molecule has 0 fully saturated rings. The van der Waals surface area contributed by atoms with Gasteiger partial charge in [-0.05, 0) is 35.9 Å². The monoisotopic (exact) mass is 487 g/mol. The minimum absolute atomic E-state index is 0.00906. The van der Waals surface area contributed by atoms with E-state index in [1.165, 1.54) is 11.8 Å². The molecule has 3 aromatic carbocycles. The summed E-state index contributed by atoms with van der Waals surface area (Å²) in [4.78, 5) is 24.5. The van der Waals surface area contributed by atoms with E-state index < -0.39 is 11.9 Å². The van der Waals surface area contributed by atoms with E-state index in [2.05, 4.69) is 20.8 Å². The Hall–Kier alpha value is -4.31. The first kappa shape index (κ1) is 22.5. The molecule has 0 radical (unpaired) electrons. The Balaban J connectivity index is 1.29. The van der Waals surface area contributed by atoms with E-state index in [-0.39, 0.29) is 12.5 Å². The van der Waals surface area contributed by atoms with Crippen LogP contribution in [0.3, 0.4) is 0 Å². The summed E-state index contributed by atoms with van der Waals surface area (Å²) in [5.41, 5.74) is 2.58. The summed E-state index contributed by atoms with van der Waals surface area (Å²) in [7, 11) is 0. The maximum absolute atomic E-state index is 12.4. The highest BCUT2D eigenvalue weighted by Gasteiger charge is 2.21. The van der Waals surface area contributed by atoms with Gasteiger partial charge >= 0.3 is 6.03 Å². The molecule has 4 aromatic rings. The Kier molecular flexibility index (Phi) is 6.62. The van der Waals surface area contributed by atoms with Crippen molar-refractivity contribution in [2.75, 3.05) is 12.5 Å². The number of thioether (sulfide) groups is 1. The first-order chi connectivity index (χ1) is 17.2. The lowest BCUT2D eigenvalue weighted by atomic mass is 10.2. The molecular weight excluding hydrogens is 466 g/mol. The number of ether oxygens (including phenoxy) is 2. The number of nitrogens with one attached hydrogen (secondary N) is 2. The molecule has 0 spiro atoms. The topological polar surface area (TPSA) is 107 Å². The Morgan fingerprint density at radius 3 is 2.46 bits per heavy atom. The molecule has 0 unspecified atom stereocenters. The molecule has 10 heteroatoms. The number of fused-ring (bicyclic) bond motifs is 1. The Morgan fingerprint density at radius 2 is 1.66 bits per heavy atom. The summed E-state index contributed by atoms with van der Waals surface area (Å²) in [6, 6.07) is 24.1. The summed E-state index contributed by atoms with van der Waals surface area (Å²) < 4.78 is 12.8. The maximum Gasteiger partial charge on any atom is 0.321 e. The van der Waals surface area contributed by atoms with Gasteiger partial charge in [0.25, 0.3) is 0 Å². The number of hydrogen-bond donors (Lipinski definition) is 2. The highest BCUT2D eigenvalue weighted by atomic mass is 32.2. The van der Waals surface area contributed by atoms with E-state index >= 15 is 0 Å². The van der Waals surface area contributed by atoms with E-state index in [0.717, 1.165) is 16.8 Å². The number of rotatable bonds is 7. The molecule has 176 valence electrons. The number of hydrogen-bond acceptors (Lipinski definition) is 7. The van der Waals surface area contributed by atoms with Gasteiger partial charge in [-0.1, -0.05) is 60.3 Å². The zero-order chi connectivity index (χ0) is 24.0. The summed E-state index contributed by atoms with van der Waals surface area (Å²) in [5.74, 6) is 1.47. The van der Waals surface area contributed by atoms with Gasteiger partial charge < -0.3 is 14.8 Å². The molecule has 1 aliphatic heterocycles. The van der Waals surface area contributed by atoms with E-state index in [0.29, 0.717) is 29.0 Å². The average Bonchev–Trinajstić information content (AvgIpc) is 3.54. The number of amides is 3. The molecular formula is C25H21N5O4S. The smallest absolute Gasteiger partial charge is 0.321 e. The fraction of sp³-hybridized carbons (Fsp3) is 0.120. The van der Waals surface area contributed by atoms with E-state index in [1.54, 1.807) is 0 Å². The molecule has 0 atom stereocenters. The standard InChI is InChI=1S/C25H21N5O4S/c31-22(27-24(32)26-14-17-7-3-1-4-8-17)15-35-25-29-28-23(30(25)19-9-5-2-6-10-19)18-11-12-20-21(13-18)34-16-33-20/h1-13H,14-16H2,(H2,26,27,31,32). The molecule has 1 aromatic heterocycles. The van der Waals surface area contributed by atoms with E-state index in [9.17, 15) is 9.59 Å². The summed E-state index contributed by atoms with van der Waals surface area (Å²) in [6.45, 7) is 0.508. The average molecular weight is 488 g/mol. The van der Waals surface area contributed by atoms with Gasteiger partial charge in [0, 0.05) is 17.8 Å². The summed E-state index contributed by atoms with van der Waals surface area (Å²) in [5, 5.41) is 14.2. The van der Waals surface area contributed by atoms with Crippen molar-refractivity contribution in [1.82, 2.24) is 25.4 Å². The fourth-order valence-corrected chi connectivity index (χ4v) is 4.26. The van der Waals surface area contributed by atoms with Crippen molar-refractivity contribution in [1.29, 1.82) is 0 Å². The van der Waals surface area contributed by atoms with Crippen molar-refractivity contribution in [2.24, 2.45) is 0 Å². The first-order valence-electron chi connectivity index (χ1n) is 10.8.